The SMILES string of the molecule is O=C(Nc1ccc(I)cc1Cl)c1ccc(N2CCCC2)c([N+](=O)[O-])c1. The zero-order chi connectivity index (χ0) is 18.0. The van der Waals surface area contributed by atoms with Crippen LogP contribution in [0.1, 0.15) is 23.2 Å². The number of anilines is 2. The molecule has 0 bridgehead atoms. The average Bonchev–Trinajstić information content (AvgIpc) is 3.11. The highest BCUT2D eigenvalue weighted by Crippen LogP contribution is 2.32. The van der Waals surface area contributed by atoms with Crippen LogP contribution in [0.15, 0.2) is 36.4 Å². The van der Waals surface area contributed by atoms with E-state index in [0.29, 0.717) is 16.4 Å². The molecule has 3 rings (SSSR count). The van der Waals surface area contributed by atoms with E-state index in [1.165, 1.54) is 6.07 Å². The Morgan fingerprint density at radius 3 is 2.56 bits per heavy atom. The van der Waals surface area contributed by atoms with E-state index >= 15 is 0 Å². The van der Waals surface area contributed by atoms with Crippen molar-refractivity contribution in [2.45, 2.75) is 12.8 Å². The fourth-order valence-electron chi connectivity index (χ4n) is 2.82. The van der Waals surface area contributed by atoms with Gasteiger partial charge in [-0.2, -0.15) is 0 Å². The largest absolute Gasteiger partial charge is 0.366 e. The summed E-state index contributed by atoms with van der Waals surface area (Å²) < 4.78 is 0.950. The van der Waals surface area contributed by atoms with Crippen LogP contribution in [0.4, 0.5) is 17.1 Å². The third-order valence-corrected chi connectivity index (χ3v) is 5.04. The van der Waals surface area contributed by atoms with Crippen molar-refractivity contribution in [3.8, 4) is 0 Å². The van der Waals surface area contributed by atoms with Crippen molar-refractivity contribution in [2.75, 3.05) is 23.3 Å². The number of nitrogens with one attached hydrogen (secondary N) is 1. The molecule has 1 fully saturated rings. The Morgan fingerprint density at radius 1 is 1.20 bits per heavy atom. The molecule has 0 saturated carbocycles. The van der Waals surface area contributed by atoms with Gasteiger partial charge >= 0.3 is 0 Å². The molecular formula is C17H15ClIN3O3. The molecule has 25 heavy (non-hydrogen) atoms. The molecule has 8 heteroatoms. The third kappa shape index (κ3) is 4.04. The number of hydrogen-bond acceptors (Lipinski definition) is 4. The highest BCUT2D eigenvalue weighted by Gasteiger charge is 2.24. The molecule has 1 N–H and O–H groups in total. The van der Waals surface area contributed by atoms with E-state index < -0.39 is 10.8 Å². The normalized spacial score (nSPS) is 13.8. The van der Waals surface area contributed by atoms with E-state index in [2.05, 4.69) is 27.9 Å². The molecule has 1 aliphatic heterocycles. The van der Waals surface area contributed by atoms with E-state index in [4.69, 9.17) is 11.6 Å². The number of rotatable bonds is 4. The summed E-state index contributed by atoms with van der Waals surface area (Å²) in [5.41, 5.74) is 1.21. The molecule has 2 aromatic rings. The Labute approximate surface area is 163 Å². The van der Waals surface area contributed by atoms with Gasteiger partial charge in [-0.1, -0.05) is 11.6 Å². The van der Waals surface area contributed by atoms with Gasteiger partial charge in [-0.25, -0.2) is 0 Å². The average molecular weight is 472 g/mol. The number of hydrogen-bond donors (Lipinski definition) is 1. The molecule has 1 saturated heterocycles. The summed E-state index contributed by atoms with van der Waals surface area (Å²) in [5, 5.41) is 14.5. The Kier molecular flexibility index (Phi) is 5.43. The number of nitro groups is 1. The van der Waals surface area contributed by atoms with E-state index in [1.807, 2.05) is 11.0 Å². The Morgan fingerprint density at radius 2 is 1.92 bits per heavy atom. The minimum Gasteiger partial charge on any atom is -0.366 e. The standard InChI is InChI=1S/C17H15ClIN3O3/c18-13-10-12(19)4-5-14(13)20-17(23)11-3-6-15(16(9-11)22(24)25)21-7-1-2-8-21/h3-6,9-10H,1-2,7-8H2,(H,20,23). The number of amides is 1. The van der Waals surface area contributed by atoms with Crippen LogP contribution in [0.5, 0.6) is 0 Å². The van der Waals surface area contributed by atoms with Crippen LogP contribution in [0, 0.1) is 13.7 Å². The van der Waals surface area contributed by atoms with Gasteiger partial charge in [0.1, 0.15) is 5.69 Å². The van der Waals surface area contributed by atoms with Crippen LogP contribution >= 0.6 is 34.2 Å². The topological polar surface area (TPSA) is 75.5 Å². The van der Waals surface area contributed by atoms with E-state index in [0.717, 1.165) is 29.5 Å². The fourth-order valence-corrected chi connectivity index (χ4v) is 3.72. The summed E-state index contributed by atoms with van der Waals surface area (Å²) in [7, 11) is 0. The molecule has 2 aromatic carbocycles. The lowest BCUT2D eigenvalue weighted by molar-refractivity contribution is -0.384. The molecule has 6 nitrogen and oxygen atoms in total. The van der Waals surface area contributed by atoms with Gasteiger partial charge in [-0.15, -0.1) is 0 Å². The summed E-state index contributed by atoms with van der Waals surface area (Å²) >= 11 is 8.24. The van der Waals surface area contributed by atoms with Crippen LogP contribution in [0.3, 0.4) is 0 Å². The summed E-state index contributed by atoms with van der Waals surface area (Å²) in [6.45, 7) is 1.59. The molecule has 0 atom stereocenters. The molecule has 0 aliphatic carbocycles. The van der Waals surface area contributed by atoms with Crippen LogP contribution in [-0.2, 0) is 0 Å². The van der Waals surface area contributed by atoms with Gasteiger partial charge in [0, 0.05) is 28.3 Å². The molecule has 0 unspecified atom stereocenters. The highest BCUT2D eigenvalue weighted by atomic mass is 127. The number of carbonyl (C=O) groups excluding carboxylic acids is 1. The second kappa shape index (κ2) is 7.57. The van der Waals surface area contributed by atoms with Gasteiger partial charge in [-0.3, -0.25) is 14.9 Å². The van der Waals surface area contributed by atoms with Crippen LogP contribution in [-0.4, -0.2) is 23.9 Å². The van der Waals surface area contributed by atoms with Gasteiger partial charge in [0.05, 0.1) is 15.6 Å². The van der Waals surface area contributed by atoms with Gasteiger partial charge in [-0.05, 0) is 65.8 Å². The Hall–Kier alpha value is -1.87. The number of nitro benzene ring substituents is 1. The quantitative estimate of drug-likeness (QED) is 0.398. The molecule has 0 aromatic heterocycles. The minimum absolute atomic E-state index is 0.0525. The predicted molar refractivity (Wildman–Crippen MR) is 107 cm³/mol. The molecule has 0 spiro atoms. The van der Waals surface area contributed by atoms with Gasteiger partial charge in [0.25, 0.3) is 11.6 Å². The maximum Gasteiger partial charge on any atom is 0.293 e. The first kappa shape index (κ1) is 17.9. The maximum absolute atomic E-state index is 12.5. The number of carbonyl (C=O) groups is 1. The molecule has 1 heterocycles. The lowest BCUT2D eigenvalue weighted by atomic mass is 10.1. The van der Waals surface area contributed by atoms with Crippen LogP contribution in [0.2, 0.25) is 5.02 Å². The number of nitrogens with zero attached hydrogens (tertiary/aromatic N) is 2. The van der Waals surface area contributed by atoms with Crippen molar-refractivity contribution in [3.05, 3.63) is 60.7 Å². The maximum atomic E-state index is 12.5. The van der Waals surface area contributed by atoms with Gasteiger partial charge < -0.3 is 10.2 Å². The van der Waals surface area contributed by atoms with Crippen molar-refractivity contribution in [3.63, 3.8) is 0 Å². The minimum atomic E-state index is -0.442. The van der Waals surface area contributed by atoms with Crippen molar-refractivity contribution < 1.29 is 9.72 Å². The summed E-state index contributed by atoms with van der Waals surface area (Å²) in [5.74, 6) is -0.431. The summed E-state index contributed by atoms with van der Waals surface area (Å²) in [4.78, 5) is 25.4. The number of benzene rings is 2. The fraction of sp³-hybridized carbons (Fsp3) is 0.235. The number of halogens is 2. The summed E-state index contributed by atoms with van der Waals surface area (Å²) in [6, 6.07) is 9.83. The molecular weight excluding hydrogens is 457 g/mol. The first-order valence-corrected chi connectivity index (χ1v) is 9.21. The molecule has 1 amide bonds. The second-order valence-corrected chi connectivity index (χ2v) is 7.39. The van der Waals surface area contributed by atoms with Crippen molar-refractivity contribution in [1.82, 2.24) is 0 Å². The Bertz CT molecular complexity index is 838. The molecule has 1 aliphatic rings. The summed E-state index contributed by atoms with van der Waals surface area (Å²) in [6.07, 6.45) is 2.04. The first-order valence-electron chi connectivity index (χ1n) is 7.75. The van der Waals surface area contributed by atoms with Crippen molar-refractivity contribution in [1.29, 1.82) is 0 Å². The Balaban J connectivity index is 1.87. The van der Waals surface area contributed by atoms with Gasteiger partial charge in [0.2, 0.25) is 0 Å². The van der Waals surface area contributed by atoms with E-state index in [-0.39, 0.29) is 11.3 Å². The first-order chi connectivity index (χ1) is 12.0. The van der Waals surface area contributed by atoms with Crippen LogP contribution < -0.4 is 10.2 Å². The second-order valence-electron chi connectivity index (χ2n) is 5.73. The lowest BCUT2D eigenvalue weighted by Gasteiger charge is -2.18. The smallest absolute Gasteiger partial charge is 0.293 e. The van der Waals surface area contributed by atoms with Crippen molar-refractivity contribution >= 4 is 57.2 Å². The monoisotopic (exact) mass is 471 g/mol. The zero-order valence-corrected chi connectivity index (χ0v) is 16.1. The zero-order valence-electron chi connectivity index (χ0n) is 13.2. The van der Waals surface area contributed by atoms with Gasteiger partial charge in [0.15, 0.2) is 0 Å². The predicted octanol–water partition coefficient (Wildman–Crippen LogP) is 4.71. The van der Waals surface area contributed by atoms with E-state index in [9.17, 15) is 14.9 Å². The molecule has 130 valence electrons. The third-order valence-electron chi connectivity index (χ3n) is 4.06. The van der Waals surface area contributed by atoms with Crippen LogP contribution in [0.25, 0.3) is 0 Å². The lowest BCUT2D eigenvalue weighted by Crippen LogP contribution is -2.20. The van der Waals surface area contributed by atoms with E-state index in [1.54, 1.807) is 24.3 Å². The highest BCUT2D eigenvalue weighted by molar-refractivity contribution is 14.1. The van der Waals surface area contributed by atoms with Crippen molar-refractivity contribution in [2.24, 2.45) is 0 Å². The molecule has 0 radical (unpaired) electrons.